The summed E-state index contributed by atoms with van der Waals surface area (Å²) in [5.41, 5.74) is 0. The van der Waals surface area contributed by atoms with Crippen LogP contribution in [0.15, 0.2) is 0 Å². The van der Waals surface area contributed by atoms with Crippen LogP contribution in [0, 0.1) is 11.8 Å². The second-order valence-electron chi connectivity index (χ2n) is 6.37. The SMILES string of the molecule is O=C(O)CN(C1CCS(=O)(=O)C1)C1CC2CCC1C2. The first-order valence-electron chi connectivity index (χ1n) is 7.12. The Kier molecular flexibility index (Phi) is 3.33. The van der Waals surface area contributed by atoms with Crippen LogP contribution in [-0.2, 0) is 14.6 Å². The molecule has 3 rings (SSSR count). The number of carbonyl (C=O) groups is 1. The van der Waals surface area contributed by atoms with Crippen LogP contribution in [0.3, 0.4) is 0 Å². The number of sulfone groups is 1. The van der Waals surface area contributed by atoms with Crippen molar-refractivity contribution < 1.29 is 18.3 Å². The van der Waals surface area contributed by atoms with Crippen molar-refractivity contribution in [1.29, 1.82) is 0 Å². The van der Waals surface area contributed by atoms with Crippen LogP contribution in [0.2, 0.25) is 0 Å². The second-order valence-corrected chi connectivity index (χ2v) is 8.59. The first-order valence-corrected chi connectivity index (χ1v) is 8.95. The van der Waals surface area contributed by atoms with Gasteiger partial charge in [0.15, 0.2) is 9.84 Å². The number of hydrogen-bond donors (Lipinski definition) is 1. The zero-order valence-electron chi connectivity index (χ0n) is 11.0. The van der Waals surface area contributed by atoms with Crippen molar-refractivity contribution in [3.63, 3.8) is 0 Å². The lowest BCUT2D eigenvalue weighted by Gasteiger charge is -2.37. The number of nitrogens with zero attached hydrogens (tertiary/aromatic N) is 1. The molecule has 1 heterocycles. The van der Waals surface area contributed by atoms with Crippen molar-refractivity contribution >= 4 is 15.8 Å². The summed E-state index contributed by atoms with van der Waals surface area (Å²) in [4.78, 5) is 13.1. The smallest absolute Gasteiger partial charge is 0.317 e. The van der Waals surface area contributed by atoms with Crippen molar-refractivity contribution in [3.05, 3.63) is 0 Å². The van der Waals surface area contributed by atoms with E-state index in [-0.39, 0.29) is 24.1 Å². The fourth-order valence-corrected chi connectivity index (χ4v) is 6.07. The topological polar surface area (TPSA) is 74.7 Å². The fourth-order valence-electron chi connectivity index (χ4n) is 4.33. The standard InChI is InChI=1S/C13H21NO4S/c15-13(16)7-14(11-3-4-19(17,18)8-11)12-6-9-1-2-10(12)5-9/h9-12H,1-8H2,(H,15,16). The summed E-state index contributed by atoms with van der Waals surface area (Å²) in [5.74, 6) is 0.854. The molecule has 4 atom stereocenters. The number of aliphatic carboxylic acids is 1. The van der Waals surface area contributed by atoms with Crippen LogP contribution in [0.5, 0.6) is 0 Å². The monoisotopic (exact) mass is 287 g/mol. The first-order chi connectivity index (χ1) is 8.94. The molecule has 5 nitrogen and oxygen atoms in total. The Morgan fingerprint density at radius 2 is 2.00 bits per heavy atom. The largest absolute Gasteiger partial charge is 0.480 e. The van der Waals surface area contributed by atoms with E-state index < -0.39 is 15.8 Å². The zero-order valence-corrected chi connectivity index (χ0v) is 11.8. The Hall–Kier alpha value is -0.620. The highest BCUT2D eigenvalue weighted by molar-refractivity contribution is 7.91. The second kappa shape index (κ2) is 4.74. The highest BCUT2D eigenvalue weighted by Gasteiger charge is 2.46. The molecule has 0 radical (unpaired) electrons. The van der Waals surface area contributed by atoms with Gasteiger partial charge in [0.1, 0.15) is 0 Å². The summed E-state index contributed by atoms with van der Waals surface area (Å²) >= 11 is 0. The van der Waals surface area contributed by atoms with Gasteiger partial charge in [0.25, 0.3) is 0 Å². The Labute approximate surface area is 113 Å². The average Bonchev–Trinajstić information content (AvgIpc) is 3.00. The molecule has 0 aromatic carbocycles. The molecule has 3 aliphatic rings. The molecule has 108 valence electrons. The average molecular weight is 287 g/mol. The van der Waals surface area contributed by atoms with Gasteiger partial charge in [-0.05, 0) is 37.5 Å². The zero-order chi connectivity index (χ0) is 13.6. The van der Waals surface area contributed by atoms with Gasteiger partial charge in [-0.2, -0.15) is 0 Å². The Bertz CT molecular complexity index is 475. The molecule has 2 saturated carbocycles. The van der Waals surface area contributed by atoms with Crippen LogP contribution in [0.1, 0.15) is 32.1 Å². The van der Waals surface area contributed by atoms with Gasteiger partial charge < -0.3 is 5.11 Å². The van der Waals surface area contributed by atoms with Gasteiger partial charge >= 0.3 is 5.97 Å². The maximum atomic E-state index is 11.6. The molecular formula is C13H21NO4S. The maximum absolute atomic E-state index is 11.6. The fraction of sp³-hybridized carbons (Fsp3) is 0.923. The summed E-state index contributed by atoms with van der Waals surface area (Å²) in [6.07, 6.45) is 5.33. The van der Waals surface area contributed by atoms with Crippen LogP contribution in [0.4, 0.5) is 0 Å². The quantitative estimate of drug-likeness (QED) is 0.826. The lowest BCUT2D eigenvalue weighted by molar-refractivity contribution is -0.140. The Morgan fingerprint density at radius 3 is 2.47 bits per heavy atom. The molecule has 1 saturated heterocycles. The van der Waals surface area contributed by atoms with Crippen LogP contribution >= 0.6 is 0 Å². The molecule has 0 aromatic rings. The molecule has 1 aliphatic heterocycles. The van der Waals surface area contributed by atoms with E-state index in [2.05, 4.69) is 0 Å². The third-order valence-corrected chi connectivity index (χ3v) is 6.87. The molecular weight excluding hydrogens is 266 g/mol. The first kappa shape index (κ1) is 13.4. The number of rotatable bonds is 4. The van der Waals surface area contributed by atoms with Crippen molar-refractivity contribution in [3.8, 4) is 0 Å². The predicted molar refractivity (Wildman–Crippen MR) is 70.6 cm³/mol. The number of carboxylic acids is 1. The minimum Gasteiger partial charge on any atom is -0.480 e. The van der Waals surface area contributed by atoms with Gasteiger partial charge in [-0.15, -0.1) is 0 Å². The molecule has 0 spiro atoms. The maximum Gasteiger partial charge on any atom is 0.317 e. The molecule has 1 N–H and O–H groups in total. The summed E-state index contributed by atoms with van der Waals surface area (Å²) in [6.45, 7) is -0.00588. The number of fused-ring (bicyclic) bond motifs is 2. The number of carboxylic acid groups (broad SMARTS) is 1. The third-order valence-electron chi connectivity index (χ3n) is 5.12. The van der Waals surface area contributed by atoms with Gasteiger partial charge in [0, 0.05) is 12.1 Å². The molecule has 3 fully saturated rings. The molecule has 2 bridgehead atoms. The van der Waals surface area contributed by atoms with E-state index in [1.54, 1.807) is 0 Å². The van der Waals surface area contributed by atoms with Gasteiger partial charge in [0.2, 0.25) is 0 Å². The normalized spacial score (nSPS) is 40.1. The van der Waals surface area contributed by atoms with E-state index in [0.29, 0.717) is 18.4 Å². The molecule has 0 aromatic heterocycles. The van der Waals surface area contributed by atoms with Gasteiger partial charge in [-0.3, -0.25) is 9.69 Å². The Balaban J connectivity index is 1.76. The van der Waals surface area contributed by atoms with E-state index >= 15 is 0 Å². The van der Waals surface area contributed by atoms with E-state index in [1.165, 1.54) is 19.3 Å². The number of hydrogen-bond acceptors (Lipinski definition) is 4. The minimum absolute atomic E-state index is 0.00588. The van der Waals surface area contributed by atoms with Crippen LogP contribution in [0.25, 0.3) is 0 Å². The summed E-state index contributed by atoms with van der Waals surface area (Å²) in [7, 11) is -2.95. The van der Waals surface area contributed by atoms with Gasteiger partial charge in [-0.25, -0.2) is 8.42 Å². The highest BCUT2D eigenvalue weighted by Crippen LogP contribution is 2.47. The van der Waals surface area contributed by atoms with Crippen molar-refractivity contribution in [2.24, 2.45) is 11.8 Å². The molecule has 6 heteroatoms. The summed E-state index contributed by atoms with van der Waals surface area (Å²) in [5, 5.41) is 9.11. The summed E-state index contributed by atoms with van der Waals surface area (Å²) < 4.78 is 23.3. The van der Waals surface area contributed by atoms with E-state index in [1.807, 2.05) is 4.90 Å². The van der Waals surface area contributed by atoms with Crippen molar-refractivity contribution in [2.45, 2.75) is 44.2 Å². The molecule has 2 aliphatic carbocycles. The summed E-state index contributed by atoms with van der Waals surface area (Å²) in [6, 6.07) is 0.221. The van der Waals surface area contributed by atoms with E-state index in [0.717, 1.165) is 12.3 Å². The van der Waals surface area contributed by atoms with E-state index in [9.17, 15) is 13.2 Å². The van der Waals surface area contributed by atoms with E-state index in [4.69, 9.17) is 5.11 Å². The minimum atomic E-state index is -2.95. The third kappa shape index (κ3) is 2.65. The predicted octanol–water partition coefficient (Wildman–Crippen LogP) is 0.749. The lowest BCUT2D eigenvalue weighted by Crippen LogP contribution is -2.48. The molecule has 0 amide bonds. The molecule has 19 heavy (non-hydrogen) atoms. The van der Waals surface area contributed by atoms with Crippen molar-refractivity contribution in [1.82, 2.24) is 4.90 Å². The Morgan fingerprint density at radius 1 is 1.21 bits per heavy atom. The van der Waals surface area contributed by atoms with Gasteiger partial charge in [-0.1, -0.05) is 6.42 Å². The van der Waals surface area contributed by atoms with Crippen LogP contribution in [-0.4, -0.2) is 54.5 Å². The molecule has 4 unspecified atom stereocenters. The lowest BCUT2D eigenvalue weighted by atomic mass is 9.92. The van der Waals surface area contributed by atoms with Crippen molar-refractivity contribution in [2.75, 3.05) is 18.1 Å². The van der Waals surface area contributed by atoms with Crippen LogP contribution < -0.4 is 0 Å². The highest BCUT2D eigenvalue weighted by atomic mass is 32.2. The van der Waals surface area contributed by atoms with Gasteiger partial charge in [0.05, 0.1) is 18.1 Å².